The lowest BCUT2D eigenvalue weighted by atomic mass is 10.2. The number of hydrogen-bond acceptors (Lipinski definition) is 5. The molecule has 0 saturated carbocycles. The maximum absolute atomic E-state index is 10.4. The van der Waals surface area contributed by atoms with Gasteiger partial charge in [0.25, 0.3) is 5.69 Å². The zero-order valence-electron chi connectivity index (χ0n) is 15.2. The first-order valence-electron chi connectivity index (χ1n) is 8.13. The van der Waals surface area contributed by atoms with Crippen molar-refractivity contribution in [3.63, 3.8) is 0 Å². The summed E-state index contributed by atoms with van der Waals surface area (Å²) in [7, 11) is -4.52. The Balaban J connectivity index is 0.000000203. The topological polar surface area (TPSA) is 100 Å². The molecule has 0 aliphatic carbocycles. The molecule has 28 heavy (non-hydrogen) atoms. The molecule has 0 fully saturated rings. The second kappa shape index (κ2) is 9.76. The zero-order valence-corrected chi connectivity index (χ0v) is 18.2. The molecule has 0 bridgehead atoms. The summed E-state index contributed by atoms with van der Waals surface area (Å²) in [5, 5.41) is 10.1. The molecule has 3 aromatic carbocycles. The first-order chi connectivity index (χ1) is 13.1. The highest BCUT2D eigenvalue weighted by Crippen LogP contribution is 2.14. The molecule has 0 N–H and O–H groups in total. The molecule has 0 spiro atoms. The van der Waals surface area contributed by atoms with Crippen LogP contribution in [-0.2, 0) is 10.1 Å². The van der Waals surface area contributed by atoms with E-state index in [1.807, 2.05) is 0 Å². The van der Waals surface area contributed by atoms with Crippen LogP contribution in [0.1, 0.15) is 11.1 Å². The maximum Gasteiger partial charge on any atom is 0.357 e. The van der Waals surface area contributed by atoms with Gasteiger partial charge in [0.05, 0.1) is 9.82 Å². The van der Waals surface area contributed by atoms with E-state index in [-0.39, 0.29) is 26.9 Å². The van der Waals surface area contributed by atoms with Crippen LogP contribution in [0.4, 0.5) is 5.69 Å². The standard InChI is InChI=1S/C14H14I.C6H5NO5S/c1-11-3-7-13(8-4-11)15-14-9-5-12(2)6-10-14;8-7(9)5-1-3-6(4-2-5)13(10,11)12/h3-10H,1-2H3;1-4H,(H,10,11,12)/q+1;/p-1. The Bertz CT molecular complexity index is 988. The highest BCUT2D eigenvalue weighted by Gasteiger charge is 2.14. The van der Waals surface area contributed by atoms with Crippen molar-refractivity contribution in [2.75, 3.05) is 0 Å². The third-order valence-electron chi connectivity index (χ3n) is 3.58. The lowest BCUT2D eigenvalue weighted by molar-refractivity contribution is -0.597. The van der Waals surface area contributed by atoms with Crippen LogP contribution in [0.25, 0.3) is 0 Å². The van der Waals surface area contributed by atoms with Gasteiger partial charge in [-0.15, -0.1) is 0 Å². The van der Waals surface area contributed by atoms with E-state index in [9.17, 15) is 23.1 Å². The summed E-state index contributed by atoms with van der Waals surface area (Å²) < 4.78 is 34.1. The van der Waals surface area contributed by atoms with Gasteiger partial charge >= 0.3 is 21.2 Å². The van der Waals surface area contributed by atoms with Gasteiger partial charge in [0.15, 0.2) is 7.14 Å². The summed E-state index contributed by atoms with van der Waals surface area (Å²) in [5.74, 6) is 0. The SMILES string of the molecule is Cc1ccc([I+]c2ccc(C)cc2)cc1.O=[N+]([O-])c1ccc(S(=O)(=O)[O-])cc1. The fourth-order valence-electron chi connectivity index (χ4n) is 2.05. The van der Waals surface area contributed by atoms with Crippen LogP contribution in [0, 0.1) is 31.1 Å². The normalized spacial score (nSPS) is 10.7. The number of rotatable bonds is 4. The number of nitro groups is 1. The molecular formula is C20H18INO5S. The highest BCUT2D eigenvalue weighted by atomic mass is 127. The fraction of sp³-hybridized carbons (Fsp3) is 0.100. The lowest BCUT2D eigenvalue weighted by Crippen LogP contribution is -3.61. The number of benzene rings is 3. The largest absolute Gasteiger partial charge is 0.744 e. The molecule has 0 radical (unpaired) electrons. The van der Waals surface area contributed by atoms with E-state index < -0.39 is 19.9 Å². The van der Waals surface area contributed by atoms with Crippen molar-refractivity contribution in [1.29, 1.82) is 0 Å². The monoisotopic (exact) mass is 511 g/mol. The molecule has 8 heteroatoms. The van der Waals surface area contributed by atoms with E-state index >= 15 is 0 Å². The van der Waals surface area contributed by atoms with Gasteiger partial charge in [-0.3, -0.25) is 10.1 Å². The van der Waals surface area contributed by atoms with Gasteiger partial charge in [0.1, 0.15) is 10.1 Å². The van der Waals surface area contributed by atoms with Gasteiger partial charge < -0.3 is 4.55 Å². The summed E-state index contributed by atoms with van der Waals surface area (Å²) in [5.41, 5.74) is 2.42. The molecule has 3 rings (SSSR count). The number of aryl methyl sites for hydroxylation is 2. The Morgan fingerprint density at radius 2 is 1.14 bits per heavy atom. The van der Waals surface area contributed by atoms with Crippen molar-refractivity contribution >= 4 is 15.8 Å². The molecule has 6 nitrogen and oxygen atoms in total. The summed E-state index contributed by atoms with van der Waals surface area (Å²) >= 11 is 0.00313. The van der Waals surface area contributed by atoms with E-state index in [1.165, 1.54) is 18.3 Å². The van der Waals surface area contributed by atoms with Crippen molar-refractivity contribution in [2.45, 2.75) is 18.7 Å². The van der Waals surface area contributed by atoms with Crippen LogP contribution in [0.15, 0.2) is 77.7 Å². The molecule has 0 atom stereocenters. The van der Waals surface area contributed by atoms with Crippen LogP contribution in [0.5, 0.6) is 0 Å². The maximum atomic E-state index is 10.4. The minimum atomic E-state index is -4.52. The minimum Gasteiger partial charge on any atom is -0.744 e. The molecule has 0 heterocycles. The molecule has 0 amide bonds. The number of hydrogen-bond donors (Lipinski definition) is 0. The molecule has 0 aliphatic heterocycles. The quantitative estimate of drug-likeness (QED) is 0.225. The third kappa shape index (κ3) is 7.02. The first-order valence-corrected chi connectivity index (χ1v) is 11.7. The van der Waals surface area contributed by atoms with Crippen LogP contribution in [0.3, 0.4) is 0 Å². The second-order valence-corrected chi connectivity index (χ2v) is 10.3. The molecule has 146 valence electrons. The van der Waals surface area contributed by atoms with E-state index in [0.717, 1.165) is 24.3 Å². The molecule has 0 saturated heterocycles. The lowest BCUT2D eigenvalue weighted by Gasteiger charge is -2.04. The third-order valence-corrected chi connectivity index (χ3v) is 7.11. The van der Waals surface area contributed by atoms with E-state index in [2.05, 4.69) is 62.4 Å². The van der Waals surface area contributed by atoms with Crippen molar-refractivity contribution in [3.05, 3.63) is 101 Å². The summed E-state index contributed by atoms with van der Waals surface area (Å²) in [6.07, 6.45) is 0. The van der Waals surface area contributed by atoms with Gasteiger partial charge in [0, 0.05) is 12.1 Å². The smallest absolute Gasteiger partial charge is 0.357 e. The van der Waals surface area contributed by atoms with Gasteiger partial charge in [0.2, 0.25) is 0 Å². The molecule has 0 aromatic heterocycles. The van der Waals surface area contributed by atoms with Crippen LogP contribution >= 0.6 is 0 Å². The van der Waals surface area contributed by atoms with Crippen molar-refractivity contribution in [2.24, 2.45) is 0 Å². The highest BCUT2D eigenvalue weighted by molar-refractivity contribution is 7.85. The summed E-state index contributed by atoms with van der Waals surface area (Å²) in [6, 6.07) is 21.5. The molecule has 0 unspecified atom stereocenters. The van der Waals surface area contributed by atoms with Crippen LogP contribution < -0.4 is 21.2 Å². The van der Waals surface area contributed by atoms with E-state index in [1.54, 1.807) is 0 Å². The van der Waals surface area contributed by atoms with Crippen LogP contribution in [0.2, 0.25) is 0 Å². The number of nitro benzene ring substituents is 1. The fourth-order valence-corrected chi connectivity index (χ4v) is 4.68. The van der Waals surface area contributed by atoms with E-state index in [4.69, 9.17) is 0 Å². The van der Waals surface area contributed by atoms with Gasteiger partial charge in [-0.05, 0) is 50.2 Å². The second-order valence-electron chi connectivity index (χ2n) is 5.89. The van der Waals surface area contributed by atoms with Crippen molar-refractivity contribution in [1.82, 2.24) is 0 Å². The van der Waals surface area contributed by atoms with Crippen molar-refractivity contribution in [3.8, 4) is 0 Å². The van der Waals surface area contributed by atoms with Gasteiger partial charge in [-0.25, -0.2) is 8.42 Å². The minimum absolute atomic E-state index is 0.00313. The van der Waals surface area contributed by atoms with Gasteiger partial charge in [-0.2, -0.15) is 0 Å². The Morgan fingerprint density at radius 3 is 1.46 bits per heavy atom. The average Bonchev–Trinajstić information content (AvgIpc) is 2.65. The van der Waals surface area contributed by atoms with Crippen LogP contribution in [-0.4, -0.2) is 17.9 Å². The van der Waals surface area contributed by atoms with E-state index in [0.29, 0.717) is 0 Å². The first kappa shape index (κ1) is 22.0. The van der Waals surface area contributed by atoms with Gasteiger partial charge in [-0.1, -0.05) is 35.4 Å². The Hall–Kier alpha value is -2.30. The molecular weight excluding hydrogens is 493 g/mol. The number of halogens is 1. The molecule has 3 aromatic rings. The number of non-ortho nitro benzene ring substituents is 1. The predicted octanol–water partition coefficient (Wildman–Crippen LogP) is 0.931. The Labute approximate surface area is 174 Å². The molecule has 0 aliphatic rings. The number of nitrogens with zero attached hydrogens (tertiary/aromatic N) is 1. The Kier molecular flexibility index (Phi) is 7.67. The Morgan fingerprint density at radius 1 is 0.750 bits per heavy atom. The zero-order chi connectivity index (χ0) is 20.7. The average molecular weight is 511 g/mol. The summed E-state index contributed by atoms with van der Waals surface area (Å²) in [6.45, 7) is 4.27. The van der Waals surface area contributed by atoms with Crippen molar-refractivity contribution < 1.29 is 39.1 Å². The summed E-state index contributed by atoms with van der Waals surface area (Å²) in [4.78, 5) is 8.99. The predicted molar refractivity (Wildman–Crippen MR) is 101 cm³/mol.